The van der Waals surface area contributed by atoms with E-state index in [-0.39, 0.29) is 11.4 Å². The molecular weight excluding hydrogens is 456 g/mol. The van der Waals surface area contributed by atoms with Crippen LogP contribution in [0.15, 0.2) is 48.5 Å². The average molecular weight is 489 g/mol. The molecule has 0 unspecified atom stereocenters. The van der Waals surface area contributed by atoms with E-state index in [9.17, 15) is 14.7 Å². The summed E-state index contributed by atoms with van der Waals surface area (Å²) >= 11 is 0. The molecule has 4 rings (SSSR count). The van der Waals surface area contributed by atoms with Gasteiger partial charge in [-0.25, -0.2) is 9.97 Å². The third-order valence-corrected chi connectivity index (χ3v) is 6.66. The zero-order valence-corrected chi connectivity index (χ0v) is 20.7. The number of rotatable bonds is 8. The minimum Gasteiger partial charge on any atom is -0.504 e. The van der Waals surface area contributed by atoms with Gasteiger partial charge in [-0.3, -0.25) is 9.59 Å². The van der Waals surface area contributed by atoms with Crippen LogP contribution in [0.2, 0.25) is 0 Å². The summed E-state index contributed by atoms with van der Waals surface area (Å²) in [6, 6.07) is 17.2. The molecule has 1 aromatic heterocycles. The van der Waals surface area contributed by atoms with E-state index in [0.717, 1.165) is 32.4 Å². The van der Waals surface area contributed by atoms with Crippen LogP contribution < -0.4 is 10.2 Å². The Labute approximate surface area is 211 Å². The van der Waals surface area contributed by atoms with Gasteiger partial charge in [-0.1, -0.05) is 42.5 Å². The van der Waals surface area contributed by atoms with Gasteiger partial charge in [0.1, 0.15) is 12.4 Å². The normalized spacial score (nSPS) is 14.0. The summed E-state index contributed by atoms with van der Waals surface area (Å²) in [5, 5.41) is 21.2. The van der Waals surface area contributed by atoms with Crippen molar-refractivity contribution in [2.45, 2.75) is 39.5 Å². The summed E-state index contributed by atoms with van der Waals surface area (Å²) in [5.41, 5.74) is 5.28. The van der Waals surface area contributed by atoms with Crippen LogP contribution >= 0.6 is 0 Å². The molecule has 2 heterocycles. The Morgan fingerprint density at radius 3 is 2.42 bits per heavy atom. The molecule has 1 saturated heterocycles. The molecule has 0 saturated carbocycles. The molecule has 2 aromatic carbocycles. The van der Waals surface area contributed by atoms with E-state index in [4.69, 9.17) is 5.11 Å². The highest BCUT2D eigenvalue weighted by molar-refractivity contribution is 5.96. The molecule has 0 aliphatic carbocycles. The maximum absolute atomic E-state index is 12.3. The van der Waals surface area contributed by atoms with Gasteiger partial charge in [0.05, 0.1) is 5.69 Å². The van der Waals surface area contributed by atoms with Crippen molar-refractivity contribution in [1.29, 1.82) is 0 Å². The lowest BCUT2D eigenvalue weighted by atomic mass is 9.92. The molecule has 8 heteroatoms. The molecule has 1 amide bonds. The third-order valence-electron chi connectivity index (χ3n) is 6.66. The Morgan fingerprint density at radius 1 is 1.03 bits per heavy atom. The average Bonchev–Trinajstić information content (AvgIpc) is 2.86. The van der Waals surface area contributed by atoms with Crippen molar-refractivity contribution in [3.8, 4) is 5.75 Å². The number of piperidine rings is 1. The van der Waals surface area contributed by atoms with Crippen LogP contribution in [0.4, 0.5) is 5.69 Å². The van der Waals surface area contributed by atoms with E-state index in [1.807, 2.05) is 6.07 Å². The number of hydrogen-bond acceptors (Lipinski definition) is 6. The Hall–Kier alpha value is -3.94. The van der Waals surface area contributed by atoms with Crippen LogP contribution in [-0.2, 0) is 17.6 Å². The second-order valence-electron chi connectivity index (χ2n) is 9.42. The van der Waals surface area contributed by atoms with Gasteiger partial charge >= 0.3 is 5.97 Å². The number of aromatic hydroxyl groups is 1. The predicted molar refractivity (Wildman–Crippen MR) is 137 cm³/mol. The van der Waals surface area contributed by atoms with Crippen molar-refractivity contribution < 1.29 is 19.8 Å². The van der Waals surface area contributed by atoms with Gasteiger partial charge in [-0.15, -0.1) is 0 Å². The summed E-state index contributed by atoms with van der Waals surface area (Å²) in [6.45, 7) is 5.09. The minimum absolute atomic E-state index is 0.178. The highest BCUT2D eigenvalue weighted by Crippen LogP contribution is 2.29. The van der Waals surface area contributed by atoms with E-state index in [1.165, 1.54) is 22.4 Å². The summed E-state index contributed by atoms with van der Waals surface area (Å²) in [4.78, 5) is 34.1. The number of nitrogens with one attached hydrogen (secondary N) is 1. The summed E-state index contributed by atoms with van der Waals surface area (Å²) in [6.07, 6.45) is 3.46. The molecule has 3 N–H and O–H groups in total. The molecular formula is C28H32N4O4. The maximum atomic E-state index is 12.3. The maximum Gasteiger partial charge on any atom is 0.322 e. The number of nitrogens with zero attached hydrogens (tertiary/aromatic N) is 3. The van der Waals surface area contributed by atoms with Crippen molar-refractivity contribution in [2.24, 2.45) is 5.92 Å². The Morgan fingerprint density at radius 2 is 1.75 bits per heavy atom. The quantitative estimate of drug-likeness (QED) is 0.443. The molecule has 0 atom stereocenters. The highest BCUT2D eigenvalue weighted by atomic mass is 16.4. The molecule has 1 aliphatic rings. The number of amides is 1. The van der Waals surface area contributed by atoms with Gasteiger partial charge in [-0.05, 0) is 61.8 Å². The van der Waals surface area contributed by atoms with Gasteiger partial charge in [0.2, 0.25) is 0 Å². The van der Waals surface area contributed by atoms with E-state index < -0.39 is 18.4 Å². The predicted octanol–water partition coefficient (Wildman–Crippen LogP) is 3.66. The Kier molecular flexibility index (Phi) is 7.83. The zero-order valence-electron chi connectivity index (χ0n) is 20.7. The number of hydrogen-bond donors (Lipinski definition) is 3. The van der Waals surface area contributed by atoms with Crippen LogP contribution in [0.5, 0.6) is 5.75 Å². The topological polar surface area (TPSA) is 116 Å². The number of aryl methyl sites for hydroxylation is 2. The fourth-order valence-electron chi connectivity index (χ4n) is 4.76. The molecule has 3 aromatic rings. The molecule has 0 spiro atoms. The molecule has 8 nitrogen and oxygen atoms in total. The number of anilines is 1. The van der Waals surface area contributed by atoms with Gasteiger partial charge < -0.3 is 20.4 Å². The summed E-state index contributed by atoms with van der Waals surface area (Å²) < 4.78 is 0. The van der Waals surface area contributed by atoms with Crippen LogP contribution in [0, 0.1) is 19.8 Å². The van der Waals surface area contributed by atoms with E-state index in [0.29, 0.717) is 23.9 Å². The highest BCUT2D eigenvalue weighted by Gasteiger charge is 2.24. The largest absolute Gasteiger partial charge is 0.504 e. The first-order chi connectivity index (χ1) is 17.3. The van der Waals surface area contributed by atoms with Crippen molar-refractivity contribution >= 4 is 17.6 Å². The molecule has 0 bridgehead atoms. The van der Waals surface area contributed by atoms with Crippen LogP contribution in [-0.4, -0.2) is 51.7 Å². The zero-order chi connectivity index (χ0) is 25.7. The molecule has 1 fully saturated rings. The molecule has 36 heavy (non-hydrogen) atoms. The van der Waals surface area contributed by atoms with Gasteiger partial charge in [0, 0.05) is 25.2 Å². The monoisotopic (exact) mass is 488 g/mol. The smallest absolute Gasteiger partial charge is 0.322 e. The Bertz CT molecular complexity index is 1240. The van der Waals surface area contributed by atoms with Crippen molar-refractivity contribution in [1.82, 2.24) is 15.3 Å². The fourth-order valence-corrected chi connectivity index (χ4v) is 4.76. The number of carboxylic acid groups (broad SMARTS) is 1. The summed E-state index contributed by atoms with van der Waals surface area (Å²) in [5.74, 6) is -1.35. The van der Waals surface area contributed by atoms with Gasteiger partial charge in [-0.2, -0.15) is 0 Å². The first-order valence-corrected chi connectivity index (χ1v) is 12.2. The number of benzene rings is 2. The van der Waals surface area contributed by atoms with E-state index in [1.54, 1.807) is 6.92 Å². The van der Waals surface area contributed by atoms with Crippen LogP contribution in [0.25, 0.3) is 0 Å². The number of carbonyl (C=O) groups is 2. The van der Waals surface area contributed by atoms with Crippen molar-refractivity contribution in [3.63, 3.8) is 0 Å². The second-order valence-corrected chi connectivity index (χ2v) is 9.42. The second kappa shape index (κ2) is 11.2. The van der Waals surface area contributed by atoms with E-state index >= 15 is 0 Å². The van der Waals surface area contributed by atoms with Crippen molar-refractivity contribution in [2.75, 3.05) is 24.5 Å². The number of carbonyl (C=O) groups excluding carboxylic acids is 1. The van der Waals surface area contributed by atoms with Crippen LogP contribution in [0.3, 0.4) is 0 Å². The first-order valence-electron chi connectivity index (χ1n) is 12.2. The van der Waals surface area contributed by atoms with E-state index in [2.05, 4.69) is 69.6 Å². The molecule has 188 valence electrons. The van der Waals surface area contributed by atoms with Gasteiger partial charge in [0.25, 0.3) is 5.91 Å². The van der Waals surface area contributed by atoms with Gasteiger partial charge in [0.15, 0.2) is 11.4 Å². The van der Waals surface area contributed by atoms with Crippen LogP contribution in [0.1, 0.15) is 51.5 Å². The minimum atomic E-state index is -1.17. The Balaban J connectivity index is 1.37. The third kappa shape index (κ3) is 6.19. The first kappa shape index (κ1) is 25.2. The fraction of sp³-hybridized carbons (Fsp3) is 0.357. The number of carboxylic acids is 1. The lowest BCUT2D eigenvalue weighted by Gasteiger charge is -2.34. The SMILES string of the molecule is Cc1cc(Cc2ccccc2)ccc1N1CCC(Cc2nc(C)c(O)c(C(=O)NCC(=O)O)n2)CC1. The lowest BCUT2D eigenvalue weighted by molar-refractivity contribution is -0.135. The molecule has 0 radical (unpaired) electrons. The number of aromatic nitrogens is 2. The standard InChI is InChI=1S/C28H32N4O4/c1-18-14-22(15-20-6-4-3-5-7-20)8-9-23(18)32-12-10-21(11-13-32)16-24-30-19(2)27(35)26(31-24)28(36)29-17-25(33)34/h3-9,14,21,35H,10-13,15-17H2,1-2H3,(H,29,36)(H,33,34). The van der Waals surface area contributed by atoms with Crippen molar-refractivity contribution in [3.05, 3.63) is 82.4 Å². The molecule has 1 aliphatic heterocycles. The lowest BCUT2D eigenvalue weighted by Crippen LogP contribution is -2.35. The summed E-state index contributed by atoms with van der Waals surface area (Å²) in [7, 11) is 0. The number of aliphatic carboxylic acids is 1.